The fraction of sp³-hybridized carbons (Fsp3) is 0.650. The summed E-state index contributed by atoms with van der Waals surface area (Å²) in [6.45, 7) is 16.8. The molecule has 0 aliphatic carbocycles. The Morgan fingerprint density at radius 1 is 1.04 bits per heavy atom. The van der Waals surface area contributed by atoms with Gasteiger partial charge in [0, 0.05) is 0 Å². The topological polar surface area (TPSA) is 47.6 Å². The van der Waals surface area contributed by atoms with Crippen LogP contribution in [0.4, 0.5) is 10.5 Å². The zero-order valence-corrected chi connectivity index (χ0v) is 22.3. The van der Waals surface area contributed by atoms with Gasteiger partial charge in [0.15, 0.2) is 0 Å². The third-order valence-electron chi connectivity index (χ3n) is 4.61. The van der Waals surface area contributed by atoms with Crippen molar-refractivity contribution in [2.75, 3.05) is 5.32 Å². The van der Waals surface area contributed by atoms with E-state index in [0.717, 1.165) is 11.4 Å². The number of benzene rings is 1. The molecule has 6 heteroatoms. The molecule has 0 aromatic heterocycles. The second kappa shape index (κ2) is 7.74. The van der Waals surface area contributed by atoms with Gasteiger partial charge >= 0.3 is 165 Å². The Morgan fingerprint density at radius 3 is 2.00 bits per heavy atom. The number of nitrogens with one attached hydrogen (secondary N) is 1. The van der Waals surface area contributed by atoms with Crippen molar-refractivity contribution in [3.63, 3.8) is 0 Å². The Hall–Kier alpha value is -0.694. The molecule has 0 unspecified atom stereocenters. The normalized spacial score (nSPS) is 13.3. The molecular formula is C20H37NO3SiSn. The standard InChI is InChI=1S/C17H28NO3Si.3CH3.Sn/c1-16(2,3)20-15(19)18-13-9-11-14(12-10-13)21-22(7,8)17(4,5)6;;;;/h9,11-12H,1-8H3,(H,18,19);3*1H3;. The Morgan fingerprint density at radius 2 is 1.58 bits per heavy atom. The third-order valence-corrected chi connectivity index (χ3v) is 14.8. The molecular weight excluding hydrogens is 449 g/mol. The molecule has 0 fully saturated rings. The molecule has 0 heterocycles. The van der Waals surface area contributed by atoms with E-state index in [2.05, 4.69) is 60.1 Å². The molecule has 26 heavy (non-hydrogen) atoms. The van der Waals surface area contributed by atoms with Crippen LogP contribution in [0.1, 0.15) is 41.5 Å². The quantitative estimate of drug-likeness (QED) is 0.535. The molecule has 1 aromatic rings. The molecule has 148 valence electrons. The van der Waals surface area contributed by atoms with Gasteiger partial charge in [-0.15, -0.1) is 0 Å². The van der Waals surface area contributed by atoms with Crippen LogP contribution in [0.5, 0.6) is 5.75 Å². The summed E-state index contributed by atoms with van der Waals surface area (Å²) < 4.78 is 13.1. The van der Waals surface area contributed by atoms with Crippen LogP contribution in [0.15, 0.2) is 18.2 Å². The van der Waals surface area contributed by atoms with Crippen LogP contribution in [0.2, 0.25) is 33.0 Å². The molecule has 1 aromatic carbocycles. The van der Waals surface area contributed by atoms with Gasteiger partial charge in [-0.3, -0.25) is 0 Å². The molecule has 0 saturated heterocycles. The summed E-state index contributed by atoms with van der Waals surface area (Å²) in [5, 5.41) is 3.09. The first-order chi connectivity index (χ1) is 11.4. The Labute approximate surface area is 165 Å². The number of hydrogen-bond donors (Lipinski definition) is 1. The first-order valence-electron chi connectivity index (χ1n) is 9.26. The molecule has 4 nitrogen and oxygen atoms in total. The molecule has 0 aliphatic heterocycles. The minimum atomic E-state index is -2.48. The summed E-state index contributed by atoms with van der Waals surface area (Å²) in [7, 11) is -1.90. The number of amides is 1. The molecule has 0 saturated carbocycles. The van der Waals surface area contributed by atoms with Crippen molar-refractivity contribution in [2.45, 2.75) is 80.1 Å². The van der Waals surface area contributed by atoms with Crippen LogP contribution in [0, 0.1) is 0 Å². The van der Waals surface area contributed by atoms with Crippen LogP contribution < -0.4 is 13.3 Å². The van der Waals surface area contributed by atoms with E-state index in [-0.39, 0.29) is 5.04 Å². The Balaban J connectivity index is 3.18. The number of carbonyl (C=O) groups excluding carboxylic acids is 1. The van der Waals surface area contributed by atoms with E-state index in [1.54, 1.807) is 0 Å². The van der Waals surface area contributed by atoms with Crippen LogP contribution in [-0.2, 0) is 4.74 Å². The van der Waals surface area contributed by atoms with Gasteiger partial charge < -0.3 is 0 Å². The predicted octanol–water partition coefficient (Wildman–Crippen LogP) is 5.96. The molecule has 0 atom stereocenters. The minimum absolute atomic E-state index is 0.144. The van der Waals surface area contributed by atoms with Gasteiger partial charge in [-0.05, 0) is 0 Å². The van der Waals surface area contributed by atoms with E-state index < -0.39 is 38.4 Å². The fourth-order valence-electron chi connectivity index (χ4n) is 2.18. The van der Waals surface area contributed by atoms with E-state index in [1.165, 1.54) is 3.58 Å². The van der Waals surface area contributed by atoms with Gasteiger partial charge in [-0.25, -0.2) is 0 Å². The van der Waals surface area contributed by atoms with E-state index in [9.17, 15) is 4.79 Å². The molecule has 0 spiro atoms. The van der Waals surface area contributed by atoms with Crippen molar-refractivity contribution in [1.29, 1.82) is 0 Å². The number of rotatable bonds is 4. The van der Waals surface area contributed by atoms with Gasteiger partial charge in [-0.2, -0.15) is 0 Å². The van der Waals surface area contributed by atoms with Crippen molar-refractivity contribution in [3.8, 4) is 5.75 Å². The van der Waals surface area contributed by atoms with Crippen LogP contribution in [0.3, 0.4) is 0 Å². The summed E-state index contributed by atoms with van der Waals surface area (Å²) in [4.78, 5) is 19.2. The summed E-state index contributed by atoms with van der Waals surface area (Å²) in [5.41, 5.74) is 0.339. The van der Waals surface area contributed by atoms with Crippen LogP contribution in [-0.4, -0.2) is 38.4 Å². The Kier molecular flexibility index (Phi) is 6.95. The Bertz CT molecular complexity index is 652. The summed E-state index contributed by atoms with van der Waals surface area (Å²) in [6.07, 6.45) is -0.410. The average molecular weight is 486 g/mol. The van der Waals surface area contributed by atoms with Crippen molar-refractivity contribution in [2.24, 2.45) is 0 Å². The molecule has 0 radical (unpaired) electrons. The molecule has 1 N–H and O–H groups in total. The molecule has 0 aliphatic rings. The van der Waals surface area contributed by atoms with Crippen molar-refractivity contribution >= 4 is 42.1 Å². The van der Waals surface area contributed by atoms with Crippen LogP contribution >= 0.6 is 0 Å². The van der Waals surface area contributed by atoms with Gasteiger partial charge in [0.05, 0.1) is 0 Å². The first-order valence-corrected chi connectivity index (χ1v) is 22.2. The summed E-state index contributed by atoms with van der Waals surface area (Å²) >= 11 is -2.48. The van der Waals surface area contributed by atoms with Crippen molar-refractivity contribution in [3.05, 3.63) is 18.2 Å². The SMILES string of the molecule is CC(C)(C)OC(=O)Nc1ccc(O[Si](C)(C)C(C)(C)C)c[c]1[Sn]([CH3])([CH3])[CH3]. The summed E-state index contributed by atoms with van der Waals surface area (Å²) in [5.74, 6) is 0.910. The van der Waals surface area contributed by atoms with Gasteiger partial charge in [-0.1, -0.05) is 0 Å². The molecule has 1 rings (SSSR count). The van der Waals surface area contributed by atoms with E-state index >= 15 is 0 Å². The average Bonchev–Trinajstić information content (AvgIpc) is 2.35. The second-order valence-electron chi connectivity index (χ2n) is 10.4. The second-order valence-corrected chi connectivity index (χ2v) is 29.6. The predicted molar refractivity (Wildman–Crippen MR) is 117 cm³/mol. The zero-order valence-electron chi connectivity index (χ0n) is 18.5. The molecule has 0 bridgehead atoms. The number of ether oxygens (including phenoxy) is 1. The maximum absolute atomic E-state index is 12.2. The first kappa shape index (κ1) is 23.3. The van der Waals surface area contributed by atoms with Crippen molar-refractivity contribution in [1.82, 2.24) is 0 Å². The van der Waals surface area contributed by atoms with Gasteiger partial charge in [0.2, 0.25) is 0 Å². The van der Waals surface area contributed by atoms with E-state index in [0.29, 0.717) is 0 Å². The maximum atomic E-state index is 12.2. The van der Waals surface area contributed by atoms with E-state index in [4.69, 9.17) is 9.16 Å². The van der Waals surface area contributed by atoms with E-state index in [1.807, 2.05) is 32.9 Å². The van der Waals surface area contributed by atoms with Crippen molar-refractivity contribution < 1.29 is 14.0 Å². The third kappa shape index (κ3) is 6.80. The van der Waals surface area contributed by atoms with Gasteiger partial charge in [0.25, 0.3) is 0 Å². The fourth-order valence-corrected chi connectivity index (χ4v) is 7.56. The van der Waals surface area contributed by atoms with Gasteiger partial charge in [0.1, 0.15) is 0 Å². The monoisotopic (exact) mass is 487 g/mol. The number of carbonyl (C=O) groups is 1. The number of anilines is 1. The zero-order chi connectivity index (χ0) is 20.6. The van der Waals surface area contributed by atoms with Crippen LogP contribution in [0.25, 0.3) is 0 Å². The number of hydrogen-bond acceptors (Lipinski definition) is 3. The molecule has 1 amide bonds. The summed E-state index contributed by atoms with van der Waals surface area (Å²) in [6, 6.07) is 6.07.